The van der Waals surface area contributed by atoms with E-state index in [4.69, 9.17) is 5.11 Å². The molecule has 0 aliphatic heterocycles. The van der Waals surface area contributed by atoms with E-state index >= 15 is 0 Å². The fraction of sp³-hybridized carbons (Fsp3) is 0.250. The number of aromatic nitrogens is 1. The second kappa shape index (κ2) is 4.15. The summed E-state index contributed by atoms with van der Waals surface area (Å²) >= 11 is 0. The molecule has 0 radical (unpaired) electrons. The Morgan fingerprint density at radius 1 is 1.38 bits per heavy atom. The number of hydrogen-bond donors (Lipinski definition) is 4. The number of anilines is 1. The largest absolute Gasteiger partial charge is 0.477 e. The first-order valence-corrected chi connectivity index (χ1v) is 4.65. The molecular weight excluding hydrogens is 210 g/mol. The number of carbonyl (C=O) groups is 1. The summed E-state index contributed by atoms with van der Waals surface area (Å²) in [7, 11) is 2.71. The van der Waals surface area contributed by atoms with Crippen molar-refractivity contribution in [3.05, 3.63) is 24.4 Å². The number of aliphatic carboxylic acids is 1. The molecular formula is C8H12B2N2O4. The van der Waals surface area contributed by atoms with Gasteiger partial charge < -0.3 is 20.6 Å². The van der Waals surface area contributed by atoms with Crippen molar-refractivity contribution in [2.45, 2.75) is 11.1 Å². The smallest absolute Gasteiger partial charge is 0.364 e. The highest BCUT2D eigenvalue weighted by atomic mass is 16.5. The molecule has 0 saturated heterocycles. The SMILES string of the molecule is BC(B)(Nc1ccccn1)C(O)(O)C(=O)O. The summed E-state index contributed by atoms with van der Waals surface area (Å²) in [6, 6.07) is 4.99. The number of carboxylic acid groups (broad SMARTS) is 1. The van der Waals surface area contributed by atoms with E-state index in [-0.39, 0.29) is 0 Å². The van der Waals surface area contributed by atoms with Crippen LogP contribution in [0.5, 0.6) is 0 Å². The molecule has 6 nitrogen and oxygen atoms in total. The molecule has 0 aliphatic carbocycles. The molecule has 1 aromatic heterocycles. The minimum absolute atomic E-state index is 0.362. The molecule has 1 aromatic rings. The van der Waals surface area contributed by atoms with Gasteiger partial charge in [-0.05, 0) is 12.1 Å². The van der Waals surface area contributed by atoms with Gasteiger partial charge in [0.05, 0.1) is 0 Å². The van der Waals surface area contributed by atoms with Crippen LogP contribution >= 0.6 is 0 Å². The Kier molecular flexibility index (Phi) is 3.25. The molecule has 1 rings (SSSR count). The Morgan fingerprint density at radius 2 is 2.00 bits per heavy atom. The van der Waals surface area contributed by atoms with Crippen LogP contribution in [0.1, 0.15) is 0 Å². The molecule has 1 heterocycles. The number of nitrogens with zero attached hydrogens (tertiary/aromatic N) is 1. The second-order valence-electron chi connectivity index (χ2n) is 3.94. The van der Waals surface area contributed by atoms with E-state index in [1.165, 1.54) is 21.9 Å². The van der Waals surface area contributed by atoms with Gasteiger partial charge in [-0.2, -0.15) is 0 Å². The first-order chi connectivity index (χ1) is 7.27. The fourth-order valence-corrected chi connectivity index (χ4v) is 1.11. The molecule has 0 unspecified atom stereocenters. The van der Waals surface area contributed by atoms with Gasteiger partial charge in [0.15, 0.2) is 0 Å². The fourth-order valence-electron chi connectivity index (χ4n) is 1.11. The van der Waals surface area contributed by atoms with Crippen LogP contribution in [-0.2, 0) is 4.79 Å². The highest BCUT2D eigenvalue weighted by molar-refractivity contribution is 6.43. The summed E-state index contributed by atoms with van der Waals surface area (Å²) in [5.41, 5.74) is 0. The number of carboxylic acids is 1. The number of hydrogen-bond acceptors (Lipinski definition) is 5. The van der Waals surface area contributed by atoms with Crippen LogP contribution in [0.3, 0.4) is 0 Å². The standard InChI is InChI=1S/C8H12B2N2O4/c9-8(10,7(15,16)6(13)14)12-5-3-1-2-4-11-5/h1-4,15-16H,9-10H2,(H,11,12)(H,13,14). The first kappa shape index (κ1) is 12.5. The van der Waals surface area contributed by atoms with Crippen LogP contribution in [0.4, 0.5) is 5.82 Å². The van der Waals surface area contributed by atoms with Crippen molar-refractivity contribution in [3.8, 4) is 0 Å². The highest BCUT2D eigenvalue weighted by Gasteiger charge is 2.48. The summed E-state index contributed by atoms with van der Waals surface area (Å²) in [6.45, 7) is 0. The Hall–Kier alpha value is -1.53. The van der Waals surface area contributed by atoms with Crippen molar-refractivity contribution >= 4 is 27.5 Å². The third-order valence-corrected chi connectivity index (χ3v) is 2.28. The van der Waals surface area contributed by atoms with Crippen LogP contribution in [0, 0.1) is 0 Å². The molecule has 0 fully saturated rings. The van der Waals surface area contributed by atoms with E-state index in [2.05, 4.69) is 10.3 Å². The molecule has 0 saturated carbocycles. The van der Waals surface area contributed by atoms with Crippen LogP contribution in [-0.4, -0.2) is 53.1 Å². The zero-order valence-corrected chi connectivity index (χ0v) is 9.01. The summed E-state index contributed by atoms with van der Waals surface area (Å²) in [6.07, 6.45) is 1.51. The van der Waals surface area contributed by atoms with Crippen LogP contribution in [0.2, 0.25) is 0 Å². The van der Waals surface area contributed by atoms with E-state index < -0.39 is 17.1 Å². The van der Waals surface area contributed by atoms with E-state index in [0.29, 0.717) is 5.82 Å². The summed E-state index contributed by atoms with van der Waals surface area (Å²) in [5, 5.41) is 28.8. The van der Waals surface area contributed by atoms with Crippen molar-refractivity contribution in [1.29, 1.82) is 0 Å². The normalized spacial score (nSPS) is 12.1. The van der Waals surface area contributed by atoms with Crippen LogP contribution in [0.15, 0.2) is 24.4 Å². The third-order valence-electron chi connectivity index (χ3n) is 2.28. The molecule has 8 heteroatoms. The quantitative estimate of drug-likeness (QED) is 0.323. The van der Waals surface area contributed by atoms with E-state index in [1.54, 1.807) is 18.2 Å². The van der Waals surface area contributed by atoms with Gasteiger partial charge in [-0.3, -0.25) is 0 Å². The number of rotatable bonds is 4. The van der Waals surface area contributed by atoms with Gasteiger partial charge in [-0.1, -0.05) is 6.07 Å². The third kappa shape index (κ3) is 2.34. The monoisotopic (exact) mass is 222 g/mol. The molecule has 0 atom stereocenters. The van der Waals surface area contributed by atoms with E-state index in [0.717, 1.165) is 0 Å². The molecule has 0 aliphatic rings. The summed E-state index contributed by atoms with van der Waals surface area (Å²) in [4.78, 5) is 14.6. The molecule has 4 N–H and O–H groups in total. The Morgan fingerprint density at radius 3 is 2.44 bits per heavy atom. The van der Waals surface area contributed by atoms with Gasteiger partial charge >= 0.3 is 5.97 Å². The van der Waals surface area contributed by atoms with Crippen molar-refractivity contribution in [2.24, 2.45) is 0 Å². The predicted octanol–water partition coefficient (Wildman–Crippen LogP) is -2.82. The minimum atomic E-state index is -2.88. The average Bonchev–Trinajstić information content (AvgIpc) is 2.18. The average molecular weight is 222 g/mol. The van der Waals surface area contributed by atoms with Crippen molar-refractivity contribution in [2.75, 3.05) is 5.32 Å². The Balaban J connectivity index is 2.92. The van der Waals surface area contributed by atoms with E-state index in [9.17, 15) is 15.0 Å². The summed E-state index contributed by atoms with van der Waals surface area (Å²) in [5.74, 6) is -4.24. The van der Waals surface area contributed by atoms with Gasteiger partial charge in [-0.25, -0.2) is 9.78 Å². The first-order valence-electron chi connectivity index (χ1n) is 4.65. The van der Waals surface area contributed by atoms with Crippen molar-refractivity contribution in [3.63, 3.8) is 0 Å². The van der Waals surface area contributed by atoms with Gasteiger partial charge in [0.2, 0.25) is 0 Å². The van der Waals surface area contributed by atoms with Crippen LogP contribution < -0.4 is 5.32 Å². The van der Waals surface area contributed by atoms with Gasteiger partial charge in [0, 0.05) is 11.5 Å². The molecule has 0 amide bonds. The second-order valence-corrected chi connectivity index (χ2v) is 3.94. The predicted molar refractivity (Wildman–Crippen MR) is 62.5 cm³/mol. The van der Waals surface area contributed by atoms with Crippen molar-refractivity contribution < 1.29 is 20.1 Å². The molecule has 0 bridgehead atoms. The number of aliphatic hydroxyl groups is 2. The number of pyridine rings is 1. The summed E-state index contributed by atoms with van der Waals surface area (Å²) < 4.78 is 0. The maximum atomic E-state index is 10.7. The molecule has 0 spiro atoms. The lowest BCUT2D eigenvalue weighted by Crippen LogP contribution is -2.65. The lowest BCUT2D eigenvalue weighted by molar-refractivity contribution is -0.205. The molecule has 0 aromatic carbocycles. The van der Waals surface area contributed by atoms with E-state index in [1.807, 2.05) is 0 Å². The lowest BCUT2D eigenvalue weighted by Gasteiger charge is -2.36. The zero-order chi connectivity index (χ0) is 12.4. The topological polar surface area (TPSA) is 103 Å². The Labute approximate surface area is 94.1 Å². The maximum absolute atomic E-state index is 10.7. The van der Waals surface area contributed by atoms with Crippen molar-refractivity contribution in [1.82, 2.24) is 4.98 Å². The molecule has 16 heavy (non-hydrogen) atoms. The highest BCUT2D eigenvalue weighted by Crippen LogP contribution is 2.18. The maximum Gasteiger partial charge on any atom is 0.364 e. The number of nitrogens with one attached hydrogen (secondary N) is 1. The molecule has 84 valence electrons. The minimum Gasteiger partial charge on any atom is -0.477 e. The van der Waals surface area contributed by atoms with Gasteiger partial charge in [0.25, 0.3) is 5.79 Å². The van der Waals surface area contributed by atoms with Crippen LogP contribution in [0.25, 0.3) is 0 Å². The van der Waals surface area contributed by atoms with Gasteiger partial charge in [-0.15, -0.1) is 0 Å². The Bertz CT molecular complexity index is 383. The lowest BCUT2D eigenvalue weighted by atomic mass is 9.56. The zero-order valence-electron chi connectivity index (χ0n) is 9.01. The van der Waals surface area contributed by atoms with Gasteiger partial charge in [0.1, 0.15) is 21.5 Å².